The number of carboxylic acids is 1. The van der Waals surface area contributed by atoms with Gasteiger partial charge in [0.2, 0.25) is 5.91 Å². The Morgan fingerprint density at radius 2 is 1.88 bits per heavy atom. The van der Waals surface area contributed by atoms with E-state index in [1.54, 1.807) is 4.90 Å². The number of likely N-dealkylation sites (tertiary alicyclic amines) is 2. The van der Waals surface area contributed by atoms with Crippen LogP contribution in [0.15, 0.2) is 30.3 Å². The molecular weight excluding hydrogens is 349 g/mol. The Morgan fingerprint density at radius 1 is 1.19 bits per heavy atom. The minimum atomic E-state index is -4.67. The van der Waals surface area contributed by atoms with Crippen molar-refractivity contribution in [2.24, 2.45) is 11.3 Å². The van der Waals surface area contributed by atoms with E-state index in [4.69, 9.17) is 5.11 Å². The first-order valence-electron chi connectivity index (χ1n) is 8.58. The second kappa shape index (κ2) is 6.90. The summed E-state index contributed by atoms with van der Waals surface area (Å²) in [7, 11) is 0. The van der Waals surface area contributed by atoms with Gasteiger partial charge in [0.25, 0.3) is 0 Å². The van der Waals surface area contributed by atoms with Gasteiger partial charge in [0.15, 0.2) is 5.41 Å². The lowest BCUT2D eigenvalue weighted by atomic mass is 9.84. The zero-order chi connectivity index (χ0) is 18.9. The van der Waals surface area contributed by atoms with Crippen molar-refractivity contribution >= 4 is 11.9 Å². The fraction of sp³-hybridized carbons (Fsp3) is 0.556. The average molecular weight is 370 g/mol. The number of aliphatic carboxylic acids is 1. The van der Waals surface area contributed by atoms with Crippen LogP contribution in [0.2, 0.25) is 0 Å². The summed E-state index contributed by atoms with van der Waals surface area (Å²) in [6.07, 6.45) is -4.77. The number of amides is 1. The first-order valence-corrected chi connectivity index (χ1v) is 8.58. The normalized spacial score (nSPS) is 27.0. The van der Waals surface area contributed by atoms with Crippen molar-refractivity contribution in [2.45, 2.75) is 25.6 Å². The second-order valence-electron chi connectivity index (χ2n) is 7.10. The van der Waals surface area contributed by atoms with E-state index in [9.17, 15) is 22.8 Å². The van der Waals surface area contributed by atoms with E-state index in [0.717, 1.165) is 10.5 Å². The van der Waals surface area contributed by atoms with Gasteiger partial charge in [-0.3, -0.25) is 14.5 Å². The average Bonchev–Trinajstić information content (AvgIpc) is 3.22. The summed E-state index contributed by atoms with van der Waals surface area (Å²) in [6.45, 7) is 0.0511. The summed E-state index contributed by atoms with van der Waals surface area (Å²) in [5, 5.41) is 9.04. The third-order valence-corrected chi connectivity index (χ3v) is 5.37. The zero-order valence-electron chi connectivity index (χ0n) is 14.2. The molecule has 0 unspecified atom stereocenters. The van der Waals surface area contributed by atoms with Crippen molar-refractivity contribution in [3.05, 3.63) is 35.9 Å². The molecule has 1 aromatic rings. The molecule has 0 aliphatic carbocycles. The highest BCUT2D eigenvalue weighted by Gasteiger charge is 2.64. The predicted molar refractivity (Wildman–Crippen MR) is 87.1 cm³/mol. The molecule has 1 amide bonds. The second-order valence-corrected chi connectivity index (χ2v) is 7.10. The van der Waals surface area contributed by atoms with Crippen LogP contribution < -0.4 is 0 Å². The molecular formula is C18H21F3N2O3. The highest BCUT2D eigenvalue weighted by atomic mass is 19.4. The highest BCUT2D eigenvalue weighted by molar-refractivity contribution is 5.85. The lowest BCUT2D eigenvalue weighted by Gasteiger charge is -2.34. The first-order chi connectivity index (χ1) is 12.2. The lowest BCUT2D eigenvalue weighted by Crippen LogP contribution is -2.53. The van der Waals surface area contributed by atoms with Gasteiger partial charge < -0.3 is 10.0 Å². The summed E-state index contributed by atoms with van der Waals surface area (Å²) in [5.74, 6) is -2.84. The van der Waals surface area contributed by atoms with Crippen LogP contribution in [0, 0.1) is 11.3 Å². The molecule has 2 aliphatic rings. The molecule has 142 valence electrons. The van der Waals surface area contributed by atoms with Crippen molar-refractivity contribution in [3.8, 4) is 0 Å². The van der Waals surface area contributed by atoms with E-state index < -0.39 is 35.9 Å². The minimum absolute atomic E-state index is 0.0618. The molecule has 5 nitrogen and oxygen atoms in total. The van der Waals surface area contributed by atoms with Crippen molar-refractivity contribution in [2.75, 3.05) is 26.2 Å². The number of halogens is 3. The third-order valence-electron chi connectivity index (χ3n) is 5.37. The van der Waals surface area contributed by atoms with Gasteiger partial charge in [0.1, 0.15) is 0 Å². The van der Waals surface area contributed by atoms with Gasteiger partial charge in [-0.05, 0) is 24.9 Å². The summed E-state index contributed by atoms with van der Waals surface area (Å²) < 4.78 is 41.7. The predicted octanol–water partition coefficient (Wildman–Crippen LogP) is 2.37. The van der Waals surface area contributed by atoms with Crippen LogP contribution in [0.25, 0.3) is 0 Å². The first kappa shape index (κ1) is 18.7. The Hall–Kier alpha value is -2.09. The molecule has 2 aliphatic heterocycles. The Labute approximate surface area is 149 Å². The topological polar surface area (TPSA) is 60.9 Å². The molecule has 1 N–H and O–H groups in total. The van der Waals surface area contributed by atoms with Gasteiger partial charge in [0.05, 0.1) is 5.92 Å². The number of hydrogen-bond donors (Lipinski definition) is 1. The number of hydrogen-bond acceptors (Lipinski definition) is 3. The number of rotatable bonds is 4. The van der Waals surface area contributed by atoms with Crippen LogP contribution in [0.3, 0.4) is 0 Å². The molecule has 3 rings (SSSR count). The van der Waals surface area contributed by atoms with Gasteiger partial charge in [-0.1, -0.05) is 30.3 Å². The molecule has 2 saturated heterocycles. The summed E-state index contributed by atoms with van der Waals surface area (Å²) in [6, 6.07) is 9.16. The molecule has 1 aromatic carbocycles. The summed E-state index contributed by atoms with van der Waals surface area (Å²) >= 11 is 0. The third kappa shape index (κ3) is 3.42. The SMILES string of the molecule is O=C(O)[C@@H]1CCN(C(=O)[C@@]2(C(F)(F)F)CCN(Cc3ccccc3)C2)C1. The quantitative estimate of drug-likeness (QED) is 0.884. The molecule has 0 radical (unpaired) electrons. The molecule has 0 bridgehead atoms. The summed E-state index contributed by atoms with van der Waals surface area (Å²) in [5.41, 5.74) is -1.56. The molecule has 2 heterocycles. The van der Waals surface area contributed by atoms with E-state index in [-0.39, 0.29) is 32.5 Å². The van der Waals surface area contributed by atoms with Gasteiger partial charge in [-0.2, -0.15) is 13.2 Å². The van der Waals surface area contributed by atoms with Crippen LogP contribution in [0.4, 0.5) is 13.2 Å². The Morgan fingerprint density at radius 3 is 2.46 bits per heavy atom. The molecule has 2 fully saturated rings. The van der Waals surface area contributed by atoms with Crippen molar-refractivity contribution in [3.63, 3.8) is 0 Å². The maximum atomic E-state index is 13.9. The number of benzene rings is 1. The van der Waals surface area contributed by atoms with E-state index in [2.05, 4.69) is 0 Å². The monoisotopic (exact) mass is 370 g/mol. The van der Waals surface area contributed by atoms with Gasteiger partial charge in [-0.25, -0.2) is 0 Å². The number of nitrogens with zero attached hydrogens (tertiary/aromatic N) is 2. The fourth-order valence-electron chi connectivity index (χ4n) is 3.84. The standard InChI is InChI=1S/C18H21F3N2O3/c19-18(20,21)17(16(26)23-8-6-14(11-23)15(24)25)7-9-22(12-17)10-13-4-2-1-3-5-13/h1-5,14H,6-12H2,(H,24,25)/t14-,17-/m1/s1. The van der Waals surface area contributed by atoms with Crippen LogP contribution in [0.5, 0.6) is 0 Å². The molecule has 0 spiro atoms. The van der Waals surface area contributed by atoms with Gasteiger partial charge in [0, 0.05) is 26.2 Å². The van der Waals surface area contributed by atoms with E-state index in [1.807, 2.05) is 30.3 Å². The van der Waals surface area contributed by atoms with E-state index >= 15 is 0 Å². The van der Waals surface area contributed by atoms with E-state index in [0.29, 0.717) is 6.54 Å². The van der Waals surface area contributed by atoms with Crippen LogP contribution in [-0.4, -0.2) is 59.1 Å². The van der Waals surface area contributed by atoms with Crippen molar-refractivity contribution in [1.82, 2.24) is 9.80 Å². The Bertz CT molecular complexity index is 680. The zero-order valence-corrected chi connectivity index (χ0v) is 14.2. The molecule has 26 heavy (non-hydrogen) atoms. The smallest absolute Gasteiger partial charge is 0.404 e. The number of alkyl halides is 3. The largest absolute Gasteiger partial charge is 0.481 e. The minimum Gasteiger partial charge on any atom is -0.481 e. The molecule has 2 atom stereocenters. The fourth-order valence-corrected chi connectivity index (χ4v) is 3.84. The van der Waals surface area contributed by atoms with Gasteiger partial charge in [-0.15, -0.1) is 0 Å². The lowest BCUT2D eigenvalue weighted by molar-refractivity contribution is -0.223. The molecule has 0 saturated carbocycles. The maximum absolute atomic E-state index is 13.9. The summed E-state index contributed by atoms with van der Waals surface area (Å²) in [4.78, 5) is 26.5. The number of carboxylic acid groups (broad SMARTS) is 1. The van der Waals surface area contributed by atoms with Gasteiger partial charge >= 0.3 is 12.1 Å². The number of carbonyl (C=O) groups excluding carboxylic acids is 1. The van der Waals surface area contributed by atoms with Crippen molar-refractivity contribution in [1.29, 1.82) is 0 Å². The molecule has 0 aromatic heterocycles. The van der Waals surface area contributed by atoms with Crippen molar-refractivity contribution < 1.29 is 27.9 Å². The van der Waals surface area contributed by atoms with E-state index in [1.165, 1.54) is 0 Å². The highest BCUT2D eigenvalue weighted by Crippen LogP contribution is 2.47. The van der Waals surface area contributed by atoms with Crippen LogP contribution >= 0.6 is 0 Å². The maximum Gasteiger partial charge on any atom is 0.404 e. The molecule has 8 heteroatoms. The van der Waals surface area contributed by atoms with Crippen LogP contribution in [0.1, 0.15) is 18.4 Å². The Kier molecular flexibility index (Phi) is 4.96. The Balaban J connectivity index is 1.76. The van der Waals surface area contributed by atoms with Crippen LogP contribution in [-0.2, 0) is 16.1 Å². The number of carbonyl (C=O) groups is 2.